The summed E-state index contributed by atoms with van der Waals surface area (Å²) in [5.41, 5.74) is 2.74. The lowest BCUT2D eigenvalue weighted by atomic mass is 9.92. The van der Waals surface area contributed by atoms with Gasteiger partial charge in [-0.3, -0.25) is 0 Å². The Hall–Kier alpha value is -1.06. The van der Waals surface area contributed by atoms with Crippen molar-refractivity contribution in [1.29, 1.82) is 0 Å². The smallest absolute Gasteiger partial charge is 0.119 e. The molecule has 1 fully saturated rings. The van der Waals surface area contributed by atoms with E-state index in [1.807, 2.05) is 0 Å². The summed E-state index contributed by atoms with van der Waals surface area (Å²) in [5.74, 6) is 0.974. The number of hydrogen-bond donors (Lipinski definition) is 2. The summed E-state index contributed by atoms with van der Waals surface area (Å²) in [4.78, 5) is 0. The normalized spacial score (nSPS) is 20.7. The number of aliphatic hydroxyl groups excluding tert-OH is 1. The highest BCUT2D eigenvalue weighted by atomic mass is 16.5. The van der Waals surface area contributed by atoms with Crippen LogP contribution < -0.4 is 10.1 Å². The third-order valence-electron chi connectivity index (χ3n) is 4.72. The first kappa shape index (κ1) is 14.9. The van der Waals surface area contributed by atoms with Crippen LogP contribution in [-0.4, -0.2) is 29.9 Å². The number of ether oxygens (including phenoxy) is 1. The van der Waals surface area contributed by atoms with Gasteiger partial charge in [-0.25, -0.2) is 0 Å². The highest BCUT2D eigenvalue weighted by molar-refractivity contribution is 5.37. The molecule has 3 nitrogen and oxygen atoms in total. The average Bonchev–Trinajstić information content (AvgIpc) is 3.31. The standard InChI is InChI=1S/C18H27NO2/c1-18(13-20,19-16-7-8-16)10-11-21-17-9-6-14-4-2-3-5-15(14)12-17/h6,9,12,16,19-20H,2-5,7-8,10-11,13H2,1H3. The SMILES string of the molecule is CC(CO)(CCOc1ccc2c(c1)CCCC2)NC1CC1. The van der Waals surface area contributed by atoms with Crippen LogP contribution in [0.1, 0.15) is 50.2 Å². The van der Waals surface area contributed by atoms with Gasteiger partial charge in [0.15, 0.2) is 0 Å². The van der Waals surface area contributed by atoms with Crippen LogP contribution >= 0.6 is 0 Å². The average molecular weight is 289 g/mol. The zero-order valence-electron chi connectivity index (χ0n) is 13.0. The molecule has 21 heavy (non-hydrogen) atoms. The molecule has 1 aromatic carbocycles. The predicted molar refractivity (Wildman–Crippen MR) is 84.8 cm³/mol. The Balaban J connectivity index is 1.52. The molecule has 1 unspecified atom stereocenters. The molecular weight excluding hydrogens is 262 g/mol. The van der Waals surface area contributed by atoms with Gasteiger partial charge in [-0.1, -0.05) is 6.07 Å². The maximum absolute atomic E-state index is 9.60. The summed E-state index contributed by atoms with van der Waals surface area (Å²) in [6.07, 6.45) is 8.31. The lowest BCUT2D eigenvalue weighted by molar-refractivity contribution is 0.142. The van der Waals surface area contributed by atoms with Gasteiger partial charge in [-0.15, -0.1) is 0 Å². The summed E-state index contributed by atoms with van der Waals surface area (Å²) in [5, 5.41) is 13.1. The summed E-state index contributed by atoms with van der Waals surface area (Å²) >= 11 is 0. The third kappa shape index (κ3) is 3.98. The summed E-state index contributed by atoms with van der Waals surface area (Å²) in [7, 11) is 0. The van der Waals surface area contributed by atoms with Gasteiger partial charge in [0.2, 0.25) is 0 Å². The molecule has 2 aliphatic rings. The van der Waals surface area contributed by atoms with Gasteiger partial charge in [0.05, 0.1) is 13.2 Å². The molecule has 0 radical (unpaired) electrons. The monoisotopic (exact) mass is 289 g/mol. The lowest BCUT2D eigenvalue weighted by Gasteiger charge is -2.29. The predicted octanol–water partition coefficient (Wildman–Crippen LogP) is 2.84. The van der Waals surface area contributed by atoms with E-state index in [9.17, 15) is 5.11 Å². The molecule has 0 amide bonds. The first-order valence-corrected chi connectivity index (χ1v) is 8.32. The topological polar surface area (TPSA) is 41.5 Å². The highest BCUT2D eigenvalue weighted by Crippen LogP contribution is 2.26. The Bertz CT molecular complexity index is 484. The van der Waals surface area contributed by atoms with Crippen LogP contribution in [0.4, 0.5) is 0 Å². The van der Waals surface area contributed by atoms with E-state index >= 15 is 0 Å². The molecule has 3 rings (SSSR count). The van der Waals surface area contributed by atoms with Crippen molar-refractivity contribution >= 4 is 0 Å². The Morgan fingerprint density at radius 3 is 2.71 bits per heavy atom. The minimum absolute atomic E-state index is 0.164. The van der Waals surface area contributed by atoms with Crippen LogP contribution in [0.25, 0.3) is 0 Å². The minimum atomic E-state index is -0.213. The molecule has 0 bridgehead atoms. The number of rotatable bonds is 7. The second-order valence-electron chi connectivity index (χ2n) is 6.87. The van der Waals surface area contributed by atoms with Crippen LogP contribution in [0, 0.1) is 0 Å². The largest absolute Gasteiger partial charge is 0.494 e. The Kier molecular flexibility index (Phi) is 4.51. The first-order valence-electron chi connectivity index (χ1n) is 8.32. The minimum Gasteiger partial charge on any atom is -0.494 e. The second-order valence-corrected chi connectivity index (χ2v) is 6.87. The van der Waals surface area contributed by atoms with E-state index in [1.165, 1.54) is 49.7 Å². The van der Waals surface area contributed by atoms with E-state index in [-0.39, 0.29) is 12.1 Å². The zero-order valence-corrected chi connectivity index (χ0v) is 13.0. The van der Waals surface area contributed by atoms with E-state index in [2.05, 4.69) is 30.4 Å². The first-order chi connectivity index (χ1) is 10.2. The van der Waals surface area contributed by atoms with E-state index < -0.39 is 0 Å². The van der Waals surface area contributed by atoms with Crippen molar-refractivity contribution in [2.75, 3.05) is 13.2 Å². The van der Waals surface area contributed by atoms with Crippen LogP contribution in [-0.2, 0) is 12.8 Å². The van der Waals surface area contributed by atoms with Crippen molar-refractivity contribution in [3.05, 3.63) is 29.3 Å². The number of benzene rings is 1. The van der Waals surface area contributed by atoms with Crippen molar-refractivity contribution in [2.45, 2.75) is 63.5 Å². The quantitative estimate of drug-likeness (QED) is 0.811. The molecule has 2 N–H and O–H groups in total. The third-order valence-corrected chi connectivity index (χ3v) is 4.72. The molecule has 2 aliphatic carbocycles. The van der Waals surface area contributed by atoms with Crippen LogP contribution in [0.3, 0.4) is 0 Å². The van der Waals surface area contributed by atoms with E-state index in [4.69, 9.17) is 4.74 Å². The number of nitrogens with one attached hydrogen (secondary N) is 1. The Morgan fingerprint density at radius 2 is 2.00 bits per heavy atom. The van der Waals surface area contributed by atoms with Crippen molar-refractivity contribution in [2.24, 2.45) is 0 Å². The van der Waals surface area contributed by atoms with Crippen molar-refractivity contribution < 1.29 is 9.84 Å². The molecule has 1 saturated carbocycles. The second kappa shape index (κ2) is 6.37. The van der Waals surface area contributed by atoms with Crippen LogP contribution in [0.15, 0.2) is 18.2 Å². The fraction of sp³-hybridized carbons (Fsp3) is 0.667. The number of hydrogen-bond acceptors (Lipinski definition) is 3. The van der Waals surface area contributed by atoms with Gasteiger partial charge in [-0.05, 0) is 68.7 Å². The molecule has 116 valence electrons. The van der Waals surface area contributed by atoms with Crippen LogP contribution in [0.5, 0.6) is 5.75 Å². The molecule has 0 spiro atoms. The Labute approximate surface area is 127 Å². The van der Waals surface area contributed by atoms with Gasteiger partial charge in [0.1, 0.15) is 5.75 Å². The van der Waals surface area contributed by atoms with Crippen LogP contribution in [0.2, 0.25) is 0 Å². The molecule has 1 aromatic rings. The lowest BCUT2D eigenvalue weighted by Crippen LogP contribution is -2.48. The van der Waals surface area contributed by atoms with Crippen molar-refractivity contribution in [3.63, 3.8) is 0 Å². The molecule has 0 saturated heterocycles. The Morgan fingerprint density at radius 1 is 1.24 bits per heavy atom. The van der Waals surface area contributed by atoms with Gasteiger partial charge >= 0.3 is 0 Å². The molecule has 3 heteroatoms. The fourth-order valence-electron chi connectivity index (χ4n) is 3.11. The van der Waals surface area contributed by atoms with Gasteiger partial charge in [0, 0.05) is 18.0 Å². The summed E-state index contributed by atoms with van der Waals surface area (Å²) in [6.45, 7) is 2.90. The molecule has 0 aliphatic heterocycles. The maximum atomic E-state index is 9.60. The van der Waals surface area contributed by atoms with E-state index in [1.54, 1.807) is 0 Å². The molecule has 1 atom stereocenters. The number of aryl methyl sites for hydroxylation is 2. The zero-order chi connectivity index (χ0) is 14.7. The van der Waals surface area contributed by atoms with Gasteiger partial charge < -0.3 is 15.2 Å². The van der Waals surface area contributed by atoms with E-state index in [0.29, 0.717) is 12.6 Å². The highest BCUT2D eigenvalue weighted by Gasteiger charge is 2.31. The van der Waals surface area contributed by atoms with Gasteiger partial charge in [-0.2, -0.15) is 0 Å². The van der Waals surface area contributed by atoms with Crippen molar-refractivity contribution in [1.82, 2.24) is 5.32 Å². The molecule has 0 heterocycles. The van der Waals surface area contributed by atoms with E-state index in [0.717, 1.165) is 12.2 Å². The summed E-state index contributed by atoms with van der Waals surface area (Å²) in [6, 6.07) is 7.12. The number of fused-ring (bicyclic) bond motifs is 1. The fourth-order valence-corrected chi connectivity index (χ4v) is 3.11. The maximum Gasteiger partial charge on any atom is 0.119 e. The molecule has 0 aromatic heterocycles. The molecular formula is C18H27NO2. The van der Waals surface area contributed by atoms with Crippen molar-refractivity contribution in [3.8, 4) is 5.75 Å². The number of aliphatic hydroxyl groups is 1. The van der Waals surface area contributed by atoms with Gasteiger partial charge in [0.25, 0.3) is 0 Å². The summed E-state index contributed by atoms with van der Waals surface area (Å²) < 4.78 is 5.92.